The third-order valence-corrected chi connectivity index (χ3v) is 9.70. The summed E-state index contributed by atoms with van der Waals surface area (Å²) in [6.45, 7) is 1.59. The fraction of sp³-hybridized carbons (Fsp3) is 0.485. The number of benzene rings is 2. The Morgan fingerprint density at radius 3 is 2.58 bits per heavy atom. The van der Waals surface area contributed by atoms with Gasteiger partial charge in [0.05, 0.1) is 12.1 Å². The second-order valence-electron chi connectivity index (χ2n) is 12.9. The summed E-state index contributed by atoms with van der Waals surface area (Å²) in [6.07, 6.45) is 6.24. The minimum Gasteiger partial charge on any atom is -0.321 e. The van der Waals surface area contributed by atoms with Gasteiger partial charge in [-0.3, -0.25) is 9.69 Å². The number of alkyl halides is 4. The number of amides is 1. The fourth-order valence-electron chi connectivity index (χ4n) is 7.23. The van der Waals surface area contributed by atoms with Gasteiger partial charge < -0.3 is 9.47 Å². The van der Waals surface area contributed by atoms with Crippen molar-refractivity contribution in [3.8, 4) is 12.3 Å². The average Bonchev–Trinajstić information content (AvgIpc) is 3.61. The standard InChI is InChI=1S/C33H35F4N5O/c1-5-21-14-32(15-21,17-29-39-38-20-41(29)4)23-7-6-8-24(13-23)42-19-27-26(30(42)43)11-22(12-28(27)33(35,36)37)18-40(3)25-9-10-31(2,34)16-25/h1,6-8,11-13,20-21,25H,9-10,14-19H2,2-4H3. The molecule has 0 radical (unpaired) electrons. The summed E-state index contributed by atoms with van der Waals surface area (Å²) < 4.78 is 59.4. The molecule has 2 fully saturated rings. The zero-order valence-electron chi connectivity index (χ0n) is 24.6. The Morgan fingerprint density at radius 2 is 1.95 bits per heavy atom. The van der Waals surface area contributed by atoms with Crippen LogP contribution in [0.1, 0.15) is 77.5 Å². The highest BCUT2D eigenvalue weighted by molar-refractivity contribution is 6.10. The van der Waals surface area contributed by atoms with Crippen LogP contribution in [0.4, 0.5) is 23.2 Å². The van der Waals surface area contributed by atoms with Gasteiger partial charge in [-0.1, -0.05) is 12.1 Å². The third kappa shape index (κ3) is 5.44. The normalized spacial score (nSPS) is 27.0. The van der Waals surface area contributed by atoms with Crippen LogP contribution in [-0.2, 0) is 38.1 Å². The highest BCUT2D eigenvalue weighted by atomic mass is 19.4. The van der Waals surface area contributed by atoms with Crippen LogP contribution >= 0.6 is 0 Å². The summed E-state index contributed by atoms with van der Waals surface area (Å²) in [5.74, 6) is 3.30. The lowest BCUT2D eigenvalue weighted by atomic mass is 9.57. The van der Waals surface area contributed by atoms with E-state index in [0.29, 0.717) is 36.9 Å². The van der Waals surface area contributed by atoms with Gasteiger partial charge in [-0.15, -0.1) is 22.5 Å². The van der Waals surface area contributed by atoms with Crippen molar-refractivity contribution in [1.82, 2.24) is 19.7 Å². The maximum atomic E-state index is 14.5. The van der Waals surface area contributed by atoms with Crippen LogP contribution in [0.3, 0.4) is 0 Å². The summed E-state index contributed by atoms with van der Waals surface area (Å²) in [5, 5.41) is 8.26. The molecule has 0 spiro atoms. The molecule has 43 heavy (non-hydrogen) atoms. The van der Waals surface area contributed by atoms with Crippen LogP contribution in [0.2, 0.25) is 0 Å². The molecule has 10 heteroatoms. The molecular weight excluding hydrogens is 558 g/mol. The number of nitrogens with zero attached hydrogens (tertiary/aromatic N) is 5. The number of hydrogen-bond acceptors (Lipinski definition) is 4. The summed E-state index contributed by atoms with van der Waals surface area (Å²) >= 11 is 0. The van der Waals surface area contributed by atoms with Crippen molar-refractivity contribution in [3.05, 3.63) is 76.4 Å². The van der Waals surface area contributed by atoms with E-state index < -0.39 is 23.3 Å². The lowest BCUT2D eigenvalue weighted by Gasteiger charge is -2.46. The van der Waals surface area contributed by atoms with Gasteiger partial charge in [0.1, 0.15) is 17.8 Å². The van der Waals surface area contributed by atoms with Crippen molar-refractivity contribution >= 4 is 11.6 Å². The molecule has 2 aromatic carbocycles. The molecule has 3 aromatic rings. The van der Waals surface area contributed by atoms with Crippen LogP contribution in [0.25, 0.3) is 0 Å². The maximum absolute atomic E-state index is 14.5. The first-order valence-corrected chi connectivity index (χ1v) is 14.6. The number of carbonyl (C=O) groups excluding carboxylic acids is 1. The molecule has 0 bridgehead atoms. The van der Waals surface area contributed by atoms with E-state index in [4.69, 9.17) is 6.42 Å². The van der Waals surface area contributed by atoms with Crippen LogP contribution in [-0.4, -0.2) is 44.3 Å². The van der Waals surface area contributed by atoms with E-state index in [1.54, 1.807) is 32.4 Å². The van der Waals surface area contributed by atoms with Gasteiger partial charge in [0.15, 0.2) is 0 Å². The first kappa shape index (κ1) is 29.4. The quantitative estimate of drug-likeness (QED) is 0.241. The minimum absolute atomic E-state index is 0.0173. The van der Waals surface area contributed by atoms with E-state index >= 15 is 0 Å². The van der Waals surface area contributed by atoms with E-state index in [1.807, 2.05) is 34.7 Å². The van der Waals surface area contributed by atoms with E-state index in [-0.39, 0.29) is 41.6 Å². The van der Waals surface area contributed by atoms with Gasteiger partial charge in [-0.05, 0) is 87.0 Å². The third-order valence-electron chi connectivity index (χ3n) is 9.70. The molecule has 1 aliphatic heterocycles. The Labute approximate surface area is 249 Å². The van der Waals surface area contributed by atoms with Crippen molar-refractivity contribution in [1.29, 1.82) is 0 Å². The van der Waals surface area contributed by atoms with Crippen molar-refractivity contribution in [2.75, 3.05) is 11.9 Å². The van der Waals surface area contributed by atoms with Gasteiger partial charge in [0, 0.05) is 48.6 Å². The molecule has 226 valence electrons. The van der Waals surface area contributed by atoms with Crippen molar-refractivity contribution in [2.45, 2.75) is 81.8 Å². The number of hydrogen-bond donors (Lipinski definition) is 0. The second-order valence-corrected chi connectivity index (χ2v) is 12.9. The molecule has 6 nitrogen and oxygen atoms in total. The highest BCUT2D eigenvalue weighted by Gasteiger charge is 2.47. The summed E-state index contributed by atoms with van der Waals surface area (Å²) in [4.78, 5) is 17.1. The number of aryl methyl sites for hydroxylation is 1. The van der Waals surface area contributed by atoms with E-state index in [2.05, 4.69) is 16.1 Å². The number of carbonyl (C=O) groups is 1. The van der Waals surface area contributed by atoms with Crippen LogP contribution in [0.15, 0.2) is 42.7 Å². The number of halogens is 4. The molecule has 1 amide bonds. The lowest BCUT2D eigenvalue weighted by molar-refractivity contribution is -0.138. The molecule has 0 saturated heterocycles. The molecule has 0 N–H and O–H groups in total. The Morgan fingerprint density at radius 1 is 1.19 bits per heavy atom. The molecule has 1 aromatic heterocycles. The van der Waals surface area contributed by atoms with Crippen molar-refractivity contribution < 1.29 is 22.4 Å². The van der Waals surface area contributed by atoms with Crippen molar-refractivity contribution in [3.63, 3.8) is 0 Å². The Balaban J connectivity index is 1.30. The fourth-order valence-corrected chi connectivity index (χ4v) is 7.23. The highest BCUT2D eigenvalue weighted by Crippen LogP contribution is 2.50. The first-order valence-electron chi connectivity index (χ1n) is 14.6. The number of rotatable bonds is 7. The van der Waals surface area contributed by atoms with E-state index in [0.717, 1.165) is 30.3 Å². The Bertz CT molecular complexity index is 1600. The van der Waals surface area contributed by atoms with Crippen molar-refractivity contribution in [2.24, 2.45) is 13.0 Å². The maximum Gasteiger partial charge on any atom is 0.416 e. The summed E-state index contributed by atoms with van der Waals surface area (Å²) in [5.41, 5.74) is -0.426. The molecule has 2 saturated carbocycles. The largest absolute Gasteiger partial charge is 0.416 e. The molecular formula is C33H35F4N5O. The van der Waals surface area contributed by atoms with Gasteiger partial charge >= 0.3 is 6.18 Å². The first-order chi connectivity index (χ1) is 20.3. The molecule has 6 rings (SSSR count). The number of aromatic nitrogens is 3. The van der Waals surface area contributed by atoms with Crippen LogP contribution in [0.5, 0.6) is 0 Å². The topological polar surface area (TPSA) is 54.3 Å². The monoisotopic (exact) mass is 593 g/mol. The number of fused-ring (bicyclic) bond motifs is 1. The van der Waals surface area contributed by atoms with Gasteiger partial charge in [0.25, 0.3) is 5.91 Å². The summed E-state index contributed by atoms with van der Waals surface area (Å²) in [6, 6.07) is 10.2. The number of terminal acetylenes is 1. The molecule has 2 heterocycles. The minimum atomic E-state index is -4.63. The lowest BCUT2D eigenvalue weighted by Crippen LogP contribution is -2.43. The smallest absolute Gasteiger partial charge is 0.321 e. The van der Waals surface area contributed by atoms with Gasteiger partial charge in [-0.2, -0.15) is 13.2 Å². The zero-order chi connectivity index (χ0) is 30.7. The van der Waals surface area contributed by atoms with Crippen LogP contribution < -0.4 is 4.90 Å². The van der Waals surface area contributed by atoms with Gasteiger partial charge in [0.2, 0.25) is 0 Å². The molecule has 2 atom stereocenters. The Kier molecular flexibility index (Phi) is 7.15. The molecule has 2 aliphatic carbocycles. The van der Waals surface area contributed by atoms with Crippen LogP contribution in [0, 0.1) is 18.3 Å². The van der Waals surface area contributed by atoms with E-state index in [1.165, 1.54) is 4.90 Å². The average molecular weight is 594 g/mol. The molecule has 3 aliphatic rings. The zero-order valence-corrected chi connectivity index (χ0v) is 24.6. The predicted octanol–water partition coefficient (Wildman–Crippen LogP) is 6.23. The van der Waals surface area contributed by atoms with E-state index in [9.17, 15) is 22.4 Å². The Hall–Kier alpha value is -3.71. The number of anilines is 1. The SMILES string of the molecule is C#CC1CC(Cc2nncn2C)(c2cccc(N3Cc4c(cc(CN(C)C5CCC(C)(F)C5)cc4C(F)(F)F)C3=O)c2)C1. The predicted molar refractivity (Wildman–Crippen MR) is 155 cm³/mol. The summed E-state index contributed by atoms with van der Waals surface area (Å²) in [7, 11) is 3.68. The second kappa shape index (κ2) is 10.5. The van der Waals surface area contributed by atoms with Gasteiger partial charge in [-0.25, -0.2) is 4.39 Å². The molecule has 2 unspecified atom stereocenters.